The lowest BCUT2D eigenvalue weighted by Gasteiger charge is -2.24. The minimum absolute atomic E-state index is 0.178. The zero-order chi connectivity index (χ0) is 21.3. The largest absolute Gasteiger partial charge is 0.383 e. The molecule has 0 saturated carbocycles. The predicted molar refractivity (Wildman–Crippen MR) is 117 cm³/mol. The van der Waals surface area contributed by atoms with Gasteiger partial charge in [-0.25, -0.2) is 9.80 Å². The molecule has 3 aromatic rings. The van der Waals surface area contributed by atoms with E-state index in [1.807, 2.05) is 54.0 Å². The van der Waals surface area contributed by atoms with Crippen molar-refractivity contribution < 1.29 is 4.74 Å². The van der Waals surface area contributed by atoms with Gasteiger partial charge in [0, 0.05) is 20.7 Å². The Kier molecular flexibility index (Phi) is 5.37. The first-order valence-corrected chi connectivity index (χ1v) is 9.73. The highest BCUT2D eigenvalue weighted by Gasteiger charge is 2.26. The Morgan fingerprint density at radius 3 is 2.70 bits per heavy atom. The molecule has 9 heteroatoms. The lowest BCUT2D eigenvalue weighted by Crippen LogP contribution is -2.39. The molecule has 0 fully saturated rings. The molecule has 0 atom stereocenters. The molecule has 2 aromatic heterocycles. The van der Waals surface area contributed by atoms with Crippen LogP contribution in [0.5, 0.6) is 0 Å². The molecular formula is C21H24N6O3. The van der Waals surface area contributed by atoms with E-state index >= 15 is 0 Å². The third kappa shape index (κ3) is 3.48. The maximum absolute atomic E-state index is 13.3. The number of allylic oxidation sites excluding steroid dienone is 1. The number of imidazole rings is 1. The number of rotatable bonds is 6. The normalized spacial score (nSPS) is 13.8. The lowest BCUT2D eigenvalue weighted by atomic mass is 10.2. The van der Waals surface area contributed by atoms with Crippen molar-refractivity contribution in [2.24, 2.45) is 12.1 Å². The second kappa shape index (κ2) is 8.11. The van der Waals surface area contributed by atoms with E-state index in [4.69, 9.17) is 4.74 Å². The number of hydrogen-bond donors (Lipinski definition) is 0. The van der Waals surface area contributed by atoms with Crippen LogP contribution >= 0.6 is 0 Å². The van der Waals surface area contributed by atoms with E-state index in [9.17, 15) is 9.59 Å². The summed E-state index contributed by atoms with van der Waals surface area (Å²) in [5.41, 5.74) is 1.85. The Morgan fingerprint density at radius 2 is 1.97 bits per heavy atom. The molecule has 0 N–H and O–H groups in total. The van der Waals surface area contributed by atoms with Crippen LogP contribution in [0.1, 0.15) is 12.5 Å². The summed E-state index contributed by atoms with van der Waals surface area (Å²) in [6, 6.07) is 9.74. The van der Waals surface area contributed by atoms with Gasteiger partial charge in [0.2, 0.25) is 5.95 Å². The van der Waals surface area contributed by atoms with Gasteiger partial charge in [0.15, 0.2) is 11.2 Å². The predicted octanol–water partition coefficient (Wildman–Crippen LogP) is 1.45. The van der Waals surface area contributed by atoms with Gasteiger partial charge in [0.05, 0.1) is 25.4 Å². The first-order chi connectivity index (χ1) is 14.5. The first kappa shape index (κ1) is 19.8. The molecule has 30 heavy (non-hydrogen) atoms. The van der Waals surface area contributed by atoms with Gasteiger partial charge < -0.3 is 4.74 Å². The maximum atomic E-state index is 13.3. The number of hydrogen-bond acceptors (Lipinski definition) is 6. The molecule has 0 bridgehead atoms. The fourth-order valence-electron chi connectivity index (χ4n) is 3.57. The molecule has 9 nitrogen and oxygen atoms in total. The van der Waals surface area contributed by atoms with Crippen LogP contribution < -0.4 is 16.3 Å². The molecule has 0 saturated heterocycles. The van der Waals surface area contributed by atoms with Crippen LogP contribution in [0, 0.1) is 0 Å². The van der Waals surface area contributed by atoms with Crippen molar-refractivity contribution in [2.45, 2.75) is 20.0 Å². The summed E-state index contributed by atoms with van der Waals surface area (Å²) in [5.74, 6) is 0.539. The zero-order valence-electron chi connectivity index (χ0n) is 17.3. The maximum Gasteiger partial charge on any atom is 0.332 e. The number of nitrogens with zero attached hydrogens (tertiary/aromatic N) is 6. The number of fused-ring (bicyclic) bond motifs is 3. The summed E-state index contributed by atoms with van der Waals surface area (Å²) in [6.07, 6.45) is 3.71. The average molecular weight is 408 g/mol. The van der Waals surface area contributed by atoms with Crippen LogP contribution in [-0.4, -0.2) is 44.7 Å². The Morgan fingerprint density at radius 1 is 1.20 bits per heavy atom. The highest BCUT2D eigenvalue weighted by molar-refractivity contribution is 5.87. The van der Waals surface area contributed by atoms with Gasteiger partial charge >= 0.3 is 5.69 Å². The monoisotopic (exact) mass is 408 g/mol. The molecular weight excluding hydrogens is 384 g/mol. The molecule has 0 amide bonds. The number of ether oxygens (including phenoxy) is 1. The van der Waals surface area contributed by atoms with Crippen molar-refractivity contribution in [1.82, 2.24) is 18.7 Å². The van der Waals surface area contributed by atoms with E-state index in [1.165, 1.54) is 9.13 Å². The molecule has 4 rings (SSSR count). The zero-order valence-corrected chi connectivity index (χ0v) is 17.3. The minimum Gasteiger partial charge on any atom is -0.383 e. The number of benzene rings is 1. The van der Waals surface area contributed by atoms with Gasteiger partial charge in [-0.1, -0.05) is 42.5 Å². The summed E-state index contributed by atoms with van der Waals surface area (Å²) < 4.78 is 9.64. The van der Waals surface area contributed by atoms with Gasteiger partial charge in [-0.05, 0) is 12.5 Å². The van der Waals surface area contributed by atoms with Crippen molar-refractivity contribution in [3.8, 4) is 0 Å². The van der Waals surface area contributed by atoms with Crippen LogP contribution in [0.15, 0.2) is 51.1 Å². The van der Waals surface area contributed by atoms with E-state index in [0.29, 0.717) is 36.8 Å². The van der Waals surface area contributed by atoms with Crippen molar-refractivity contribution in [3.05, 3.63) is 62.8 Å². The molecule has 0 radical (unpaired) electrons. The summed E-state index contributed by atoms with van der Waals surface area (Å²) in [6.45, 7) is 3.49. The van der Waals surface area contributed by atoms with E-state index in [2.05, 4.69) is 10.1 Å². The number of anilines is 1. The number of hydrazone groups is 1. The number of methoxy groups -OCH3 is 1. The van der Waals surface area contributed by atoms with E-state index in [0.717, 1.165) is 11.3 Å². The van der Waals surface area contributed by atoms with Gasteiger partial charge in [0.25, 0.3) is 5.56 Å². The van der Waals surface area contributed by atoms with Crippen LogP contribution in [0.4, 0.5) is 5.95 Å². The molecule has 156 valence electrons. The standard InChI is InChI=1S/C21H24N6O3/c1-15-14-26-17-18(22-20(26)27(23-15)12-13-30-3)24(2)21(29)25(19(17)28)11-7-10-16-8-5-4-6-9-16/h4-10H,11-14H2,1-3H3. The summed E-state index contributed by atoms with van der Waals surface area (Å²) in [5, 5.41) is 6.24. The van der Waals surface area contributed by atoms with Crippen molar-refractivity contribution in [1.29, 1.82) is 0 Å². The fraction of sp³-hybridized carbons (Fsp3) is 0.333. The number of aromatic nitrogens is 4. The quantitative estimate of drug-likeness (QED) is 0.616. The summed E-state index contributed by atoms with van der Waals surface area (Å²) >= 11 is 0. The molecule has 1 aliphatic rings. The second-order valence-corrected chi connectivity index (χ2v) is 7.19. The summed E-state index contributed by atoms with van der Waals surface area (Å²) in [4.78, 5) is 30.7. The molecule has 1 aromatic carbocycles. The third-order valence-electron chi connectivity index (χ3n) is 5.03. The molecule has 0 aliphatic carbocycles. The molecule has 0 spiro atoms. The van der Waals surface area contributed by atoms with Crippen molar-refractivity contribution in [3.63, 3.8) is 0 Å². The van der Waals surface area contributed by atoms with Crippen LogP contribution in [0.3, 0.4) is 0 Å². The minimum atomic E-state index is -0.401. The lowest BCUT2D eigenvalue weighted by molar-refractivity contribution is 0.205. The summed E-state index contributed by atoms with van der Waals surface area (Å²) in [7, 11) is 3.25. The Hall–Kier alpha value is -3.46. The van der Waals surface area contributed by atoms with Crippen molar-refractivity contribution >= 4 is 28.9 Å². The van der Waals surface area contributed by atoms with E-state index in [1.54, 1.807) is 19.2 Å². The van der Waals surface area contributed by atoms with E-state index in [-0.39, 0.29) is 12.1 Å². The smallest absolute Gasteiger partial charge is 0.332 e. The first-order valence-electron chi connectivity index (χ1n) is 9.73. The van der Waals surface area contributed by atoms with Gasteiger partial charge in [-0.2, -0.15) is 10.1 Å². The highest BCUT2D eigenvalue weighted by atomic mass is 16.5. The number of aryl methyl sites for hydroxylation is 1. The van der Waals surface area contributed by atoms with Crippen LogP contribution in [-0.2, 0) is 24.9 Å². The third-order valence-corrected chi connectivity index (χ3v) is 5.03. The second-order valence-electron chi connectivity index (χ2n) is 7.19. The van der Waals surface area contributed by atoms with Crippen LogP contribution in [0.25, 0.3) is 17.2 Å². The molecule has 1 aliphatic heterocycles. The highest BCUT2D eigenvalue weighted by Crippen LogP contribution is 2.23. The average Bonchev–Trinajstić information content (AvgIpc) is 3.13. The van der Waals surface area contributed by atoms with E-state index < -0.39 is 5.69 Å². The Bertz CT molecular complexity index is 1250. The Labute approximate surface area is 173 Å². The Balaban J connectivity index is 1.79. The van der Waals surface area contributed by atoms with Gasteiger partial charge in [0.1, 0.15) is 0 Å². The fourth-order valence-corrected chi connectivity index (χ4v) is 3.57. The topological polar surface area (TPSA) is 86.7 Å². The van der Waals surface area contributed by atoms with Gasteiger partial charge in [-0.15, -0.1) is 0 Å². The SMILES string of the molecule is COCCN1N=C(C)Cn2c1nc1c2c(=O)n(CC=Cc2ccccc2)c(=O)n1C. The van der Waals surface area contributed by atoms with Crippen LogP contribution in [0.2, 0.25) is 0 Å². The van der Waals surface area contributed by atoms with Crippen molar-refractivity contribution in [2.75, 3.05) is 25.3 Å². The van der Waals surface area contributed by atoms with Gasteiger partial charge in [-0.3, -0.25) is 18.5 Å². The molecule has 3 heterocycles. The molecule has 0 unspecified atom stereocenters.